The summed E-state index contributed by atoms with van der Waals surface area (Å²) in [6.45, 7) is 0. The summed E-state index contributed by atoms with van der Waals surface area (Å²) in [5.41, 5.74) is -1.21. The van der Waals surface area contributed by atoms with Gasteiger partial charge in [-0.3, -0.25) is 0 Å². The lowest BCUT2D eigenvalue weighted by molar-refractivity contribution is -0.148. The van der Waals surface area contributed by atoms with E-state index >= 15 is 0 Å². The van der Waals surface area contributed by atoms with Crippen molar-refractivity contribution in [2.45, 2.75) is 24.8 Å². The van der Waals surface area contributed by atoms with E-state index in [1.165, 1.54) is 12.1 Å². The number of hydrogen-bond donors (Lipinski definition) is 3. The minimum atomic E-state index is -1.21. The predicted molar refractivity (Wildman–Crippen MR) is 70.5 cm³/mol. The molecule has 1 aliphatic carbocycles. The first-order chi connectivity index (χ1) is 8.93. The van der Waals surface area contributed by atoms with Crippen LogP contribution in [0.1, 0.15) is 19.3 Å². The number of carboxylic acids is 1. The van der Waals surface area contributed by atoms with Crippen molar-refractivity contribution in [3.8, 4) is 0 Å². The van der Waals surface area contributed by atoms with Crippen LogP contribution in [0.15, 0.2) is 22.7 Å². The number of carboxylic acid groups (broad SMARTS) is 1. The lowest BCUT2D eigenvalue weighted by Crippen LogP contribution is -2.60. The molecule has 7 heteroatoms. The number of halogens is 2. The van der Waals surface area contributed by atoms with Gasteiger partial charge < -0.3 is 15.7 Å². The molecule has 0 atom stereocenters. The van der Waals surface area contributed by atoms with E-state index in [4.69, 9.17) is 5.11 Å². The summed E-state index contributed by atoms with van der Waals surface area (Å²) in [6, 6.07) is 3.47. The molecule has 102 valence electrons. The number of benzene rings is 1. The fraction of sp³-hybridized carbons (Fsp3) is 0.333. The molecule has 1 saturated carbocycles. The molecule has 1 fully saturated rings. The fourth-order valence-corrected chi connectivity index (χ4v) is 2.22. The second-order valence-corrected chi connectivity index (χ2v) is 5.36. The molecule has 1 aromatic carbocycles. The Morgan fingerprint density at radius 1 is 1.37 bits per heavy atom. The van der Waals surface area contributed by atoms with Crippen LogP contribution < -0.4 is 10.6 Å². The third-order valence-electron chi connectivity index (χ3n) is 3.15. The summed E-state index contributed by atoms with van der Waals surface area (Å²) in [4.78, 5) is 22.8. The molecule has 0 bridgehead atoms. The van der Waals surface area contributed by atoms with E-state index in [0.29, 0.717) is 17.3 Å². The summed E-state index contributed by atoms with van der Waals surface area (Å²) in [5, 5.41) is 13.8. The van der Waals surface area contributed by atoms with Crippen LogP contribution >= 0.6 is 15.9 Å². The van der Waals surface area contributed by atoms with Crippen molar-refractivity contribution in [1.29, 1.82) is 0 Å². The number of rotatable bonds is 3. The van der Waals surface area contributed by atoms with Gasteiger partial charge in [0.2, 0.25) is 0 Å². The molecule has 3 N–H and O–H groups in total. The van der Waals surface area contributed by atoms with Gasteiger partial charge in [-0.05, 0) is 37.5 Å². The molecular weight excluding hydrogens is 319 g/mol. The Labute approximate surface area is 117 Å². The first-order valence-corrected chi connectivity index (χ1v) is 6.50. The van der Waals surface area contributed by atoms with Gasteiger partial charge in [0, 0.05) is 4.47 Å². The highest BCUT2D eigenvalue weighted by Crippen LogP contribution is 2.32. The highest BCUT2D eigenvalue weighted by Gasteiger charge is 2.45. The Kier molecular flexibility index (Phi) is 3.75. The SMILES string of the molecule is O=C(Nc1ccc(Br)cc1F)NC1(C(=O)O)CCC1. The van der Waals surface area contributed by atoms with Crippen molar-refractivity contribution in [3.63, 3.8) is 0 Å². The van der Waals surface area contributed by atoms with E-state index in [1.54, 1.807) is 6.07 Å². The Morgan fingerprint density at radius 2 is 2.05 bits per heavy atom. The van der Waals surface area contributed by atoms with Gasteiger partial charge in [-0.15, -0.1) is 0 Å². The Hall–Kier alpha value is -1.63. The van der Waals surface area contributed by atoms with E-state index in [9.17, 15) is 14.0 Å². The lowest BCUT2D eigenvalue weighted by atomic mass is 9.77. The zero-order chi connectivity index (χ0) is 14.0. The molecule has 0 unspecified atom stereocenters. The summed E-state index contributed by atoms with van der Waals surface area (Å²) in [7, 11) is 0. The van der Waals surface area contributed by atoms with Crippen LogP contribution in [-0.2, 0) is 4.79 Å². The van der Waals surface area contributed by atoms with E-state index in [-0.39, 0.29) is 5.69 Å². The standard InChI is InChI=1S/C12H12BrFN2O3/c13-7-2-3-9(8(14)6-7)15-11(19)16-12(10(17)18)4-1-5-12/h2-3,6H,1,4-5H2,(H,17,18)(H2,15,16,19). The first-order valence-electron chi connectivity index (χ1n) is 5.70. The zero-order valence-electron chi connectivity index (χ0n) is 9.87. The maximum atomic E-state index is 13.5. The molecule has 5 nitrogen and oxygen atoms in total. The van der Waals surface area contributed by atoms with Crippen LogP contribution in [0, 0.1) is 5.82 Å². The number of carbonyl (C=O) groups excluding carboxylic acids is 1. The third-order valence-corrected chi connectivity index (χ3v) is 3.64. The molecule has 1 aromatic rings. The van der Waals surface area contributed by atoms with Crippen LogP contribution in [0.2, 0.25) is 0 Å². The number of aliphatic carboxylic acids is 1. The molecule has 1 aliphatic rings. The predicted octanol–water partition coefficient (Wildman–Crippen LogP) is 2.72. The van der Waals surface area contributed by atoms with Crippen LogP contribution in [0.4, 0.5) is 14.9 Å². The summed E-state index contributed by atoms with van der Waals surface area (Å²) in [5.74, 6) is -1.66. The molecule has 0 saturated heterocycles. The molecule has 0 aromatic heterocycles. The van der Waals surface area contributed by atoms with Crippen molar-refractivity contribution in [1.82, 2.24) is 5.32 Å². The monoisotopic (exact) mass is 330 g/mol. The van der Waals surface area contributed by atoms with Gasteiger partial charge >= 0.3 is 12.0 Å². The van der Waals surface area contributed by atoms with Crippen molar-refractivity contribution in [2.24, 2.45) is 0 Å². The van der Waals surface area contributed by atoms with Gasteiger partial charge in [0.15, 0.2) is 0 Å². The van der Waals surface area contributed by atoms with Crippen molar-refractivity contribution >= 4 is 33.6 Å². The molecule has 0 aliphatic heterocycles. The number of carbonyl (C=O) groups is 2. The number of nitrogens with one attached hydrogen (secondary N) is 2. The third kappa shape index (κ3) is 2.86. The van der Waals surface area contributed by atoms with Gasteiger partial charge in [0.05, 0.1) is 5.69 Å². The van der Waals surface area contributed by atoms with Crippen LogP contribution in [0.25, 0.3) is 0 Å². The molecule has 2 amide bonds. The number of anilines is 1. The Balaban J connectivity index is 2.03. The average Bonchev–Trinajstić information content (AvgIpc) is 2.27. The Bertz CT molecular complexity index is 532. The van der Waals surface area contributed by atoms with Crippen LogP contribution in [0.3, 0.4) is 0 Å². The van der Waals surface area contributed by atoms with E-state index in [0.717, 1.165) is 6.42 Å². The Morgan fingerprint density at radius 3 is 2.53 bits per heavy atom. The number of urea groups is 1. The van der Waals surface area contributed by atoms with Gasteiger partial charge in [-0.25, -0.2) is 14.0 Å². The van der Waals surface area contributed by atoms with Crippen LogP contribution in [-0.4, -0.2) is 22.6 Å². The van der Waals surface area contributed by atoms with E-state index < -0.39 is 23.4 Å². The molecule has 2 rings (SSSR count). The quantitative estimate of drug-likeness (QED) is 0.797. The zero-order valence-corrected chi connectivity index (χ0v) is 11.5. The second kappa shape index (κ2) is 5.16. The maximum Gasteiger partial charge on any atom is 0.329 e. The number of amides is 2. The lowest BCUT2D eigenvalue weighted by Gasteiger charge is -2.38. The summed E-state index contributed by atoms with van der Waals surface area (Å²) in [6.07, 6.45) is 1.52. The molecule has 19 heavy (non-hydrogen) atoms. The highest BCUT2D eigenvalue weighted by molar-refractivity contribution is 9.10. The van der Waals surface area contributed by atoms with Gasteiger partial charge in [-0.1, -0.05) is 15.9 Å². The minimum absolute atomic E-state index is 0.000521. The van der Waals surface area contributed by atoms with E-state index in [2.05, 4.69) is 26.6 Å². The van der Waals surface area contributed by atoms with E-state index in [1.807, 2.05) is 0 Å². The largest absolute Gasteiger partial charge is 0.480 e. The van der Waals surface area contributed by atoms with Crippen molar-refractivity contribution in [2.75, 3.05) is 5.32 Å². The fourth-order valence-electron chi connectivity index (χ4n) is 1.88. The molecule has 0 radical (unpaired) electrons. The normalized spacial score (nSPS) is 16.3. The van der Waals surface area contributed by atoms with Crippen LogP contribution in [0.5, 0.6) is 0 Å². The van der Waals surface area contributed by atoms with Crippen molar-refractivity contribution in [3.05, 3.63) is 28.5 Å². The smallest absolute Gasteiger partial charge is 0.329 e. The topological polar surface area (TPSA) is 78.4 Å². The molecule has 0 spiro atoms. The summed E-state index contributed by atoms with van der Waals surface area (Å²) < 4.78 is 14.1. The minimum Gasteiger partial charge on any atom is -0.480 e. The molecular formula is C12H12BrFN2O3. The highest BCUT2D eigenvalue weighted by atomic mass is 79.9. The van der Waals surface area contributed by atoms with Gasteiger partial charge in [0.25, 0.3) is 0 Å². The van der Waals surface area contributed by atoms with Gasteiger partial charge in [-0.2, -0.15) is 0 Å². The van der Waals surface area contributed by atoms with Crippen molar-refractivity contribution < 1.29 is 19.1 Å². The second-order valence-electron chi connectivity index (χ2n) is 4.44. The summed E-state index contributed by atoms with van der Waals surface area (Å²) >= 11 is 3.10. The molecule has 0 heterocycles. The number of hydrogen-bond acceptors (Lipinski definition) is 2. The van der Waals surface area contributed by atoms with Gasteiger partial charge in [0.1, 0.15) is 11.4 Å². The first kappa shape index (κ1) is 13.8. The maximum absolute atomic E-state index is 13.5. The average molecular weight is 331 g/mol.